The Hall–Kier alpha value is -4.44. The zero-order valence-corrected chi connectivity index (χ0v) is 24.6. The van der Waals surface area contributed by atoms with Crippen LogP contribution in [0.4, 0.5) is 23.0 Å². The van der Waals surface area contributed by atoms with E-state index in [2.05, 4.69) is 62.4 Å². The van der Waals surface area contributed by atoms with Crippen molar-refractivity contribution in [1.29, 1.82) is 0 Å². The molecule has 2 saturated heterocycles. The number of primary amides is 1. The maximum Gasteiger partial charge on any atom is 0.271 e. The number of likely N-dealkylation sites (N-methyl/N-ethyl adjacent to an activating group) is 1. The Morgan fingerprint density at radius 3 is 2.49 bits per heavy atom. The molecule has 3 aliphatic rings. The summed E-state index contributed by atoms with van der Waals surface area (Å²) in [6.07, 6.45) is 7.84. The molecule has 2 aromatic heterocycles. The summed E-state index contributed by atoms with van der Waals surface area (Å²) in [4.78, 5) is 41.8. The Bertz CT molecular complexity index is 1710. The highest BCUT2D eigenvalue weighted by molar-refractivity contribution is 5.96. The molecule has 2 aliphatic heterocycles. The van der Waals surface area contributed by atoms with Crippen molar-refractivity contribution in [3.8, 4) is 0 Å². The van der Waals surface area contributed by atoms with Crippen LogP contribution in [0.1, 0.15) is 53.7 Å². The van der Waals surface area contributed by atoms with Crippen LogP contribution < -0.4 is 26.4 Å². The maximum absolute atomic E-state index is 13.5. The number of rotatable bonds is 7. The van der Waals surface area contributed by atoms with Crippen LogP contribution in [-0.2, 0) is 0 Å². The lowest BCUT2D eigenvalue weighted by molar-refractivity contribution is 0.0996. The van der Waals surface area contributed by atoms with E-state index in [1.54, 1.807) is 6.20 Å². The third-order valence-electron chi connectivity index (χ3n) is 9.11. The molecule has 10 nitrogen and oxygen atoms in total. The van der Waals surface area contributed by atoms with Crippen LogP contribution in [0.2, 0.25) is 0 Å². The number of amides is 1. The molecule has 2 aromatic carbocycles. The van der Waals surface area contributed by atoms with Crippen molar-refractivity contribution in [2.75, 3.05) is 61.4 Å². The standard InChI is InChI=1S/C33H38N8O2/c1-38-15-17-39(18-16-38)26-9-7-25(8-10-26)36-32-30(31(34)42)35-20-29(37-32)40-13-2-3-27(21-40)41-14-12-24-19-23(22-4-5-22)6-11-28(24)33(41)43/h6-12,14,19-20,22,27H,2-5,13,15-18,21H2,1H3,(H2,34,42)(H,36,37)/t27-/m1/s1. The molecular formula is C33H38N8O2. The molecule has 3 fully saturated rings. The van der Waals surface area contributed by atoms with Crippen LogP contribution in [0.3, 0.4) is 0 Å². The Kier molecular flexibility index (Phi) is 7.22. The predicted molar refractivity (Wildman–Crippen MR) is 171 cm³/mol. The second kappa shape index (κ2) is 11.3. The van der Waals surface area contributed by atoms with Gasteiger partial charge in [-0.15, -0.1) is 0 Å². The first-order valence-electron chi connectivity index (χ1n) is 15.3. The lowest BCUT2D eigenvalue weighted by Crippen LogP contribution is -2.44. The molecule has 4 aromatic rings. The normalized spacial score (nSPS) is 19.5. The van der Waals surface area contributed by atoms with Gasteiger partial charge in [-0.05, 0) is 86.0 Å². The van der Waals surface area contributed by atoms with Gasteiger partial charge in [0.05, 0.1) is 12.2 Å². The lowest BCUT2D eigenvalue weighted by Gasteiger charge is -2.34. The fourth-order valence-electron chi connectivity index (χ4n) is 6.39. The Morgan fingerprint density at radius 2 is 1.74 bits per heavy atom. The van der Waals surface area contributed by atoms with Crippen LogP contribution in [0.25, 0.3) is 10.8 Å². The zero-order valence-electron chi connectivity index (χ0n) is 24.6. The van der Waals surface area contributed by atoms with E-state index in [-0.39, 0.29) is 17.3 Å². The first kappa shape index (κ1) is 27.4. The highest BCUT2D eigenvalue weighted by Gasteiger charge is 2.26. The van der Waals surface area contributed by atoms with Crippen LogP contribution in [0.5, 0.6) is 0 Å². The highest BCUT2D eigenvalue weighted by atomic mass is 16.1. The largest absolute Gasteiger partial charge is 0.369 e. The molecule has 0 unspecified atom stereocenters. The number of benzene rings is 2. The van der Waals surface area contributed by atoms with Gasteiger partial charge < -0.3 is 30.3 Å². The van der Waals surface area contributed by atoms with Gasteiger partial charge >= 0.3 is 0 Å². The van der Waals surface area contributed by atoms with Gasteiger partial charge in [0.2, 0.25) is 0 Å². The third-order valence-corrected chi connectivity index (χ3v) is 9.11. The van der Waals surface area contributed by atoms with Crippen molar-refractivity contribution in [3.63, 3.8) is 0 Å². The Balaban J connectivity index is 1.10. The van der Waals surface area contributed by atoms with Gasteiger partial charge in [0.15, 0.2) is 11.5 Å². The number of nitrogens with zero attached hydrogens (tertiary/aromatic N) is 6. The average molecular weight is 579 g/mol. The van der Waals surface area contributed by atoms with Crippen LogP contribution in [0, 0.1) is 0 Å². The number of carbonyl (C=O) groups is 1. The van der Waals surface area contributed by atoms with E-state index in [0.29, 0.717) is 24.1 Å². The second-order valence-electron chi connectivity index (χ2n) is 12.1. The summed E-state index contributed by atoms with van der Waals surface area (Å²) in [6, 6.07) is 16.5. The summed E-state index contributed by atoms with van der Waals surface area (Å²) in [6.45, 7) is 5.47. The molecule has 1 atom stereocenters. The number of anilines is 4. The molecule has 0 spiro atoms. The molecule has 0 radical (unpaired) electrons. The molecule has 3 N–H and O–H groups in total. The van der Waals surface area contributed by atoms with Crippen LogP contribution in [-0.4, -0.2) is 71.7 Å². The minimum Gasteiger partial charge on any atom is -0.369 e. The number of piperidine rings is 1. The third kappa shape index (κ3) is 5.67. The quantitative estimate of drug-likeness (QED) is 0.337. The van der Waals surface area contributed by atoms with Crippen molar-refractivity contribution in [2.24, 2.45) is 5.73 Å². The fourth-order valence-corrected chi connectivity index (χ4v) is 6.39. The molecule has 4 heterocycles. The summed E-state index contributed by atoms with van der Waals surface area (Å²) in [5, 5.41) is 5.05. The number of nitrogens with two attached hydrogens (primary N) is 1. The molecule has 1 saturated carbocycles. The summed E-state index contributed by atoms with van der Waals surface area (Å²) in [5.41, 5.74) is 9.12. The van der Waals surface area contributed by atoms with Gasteiger partial charge in [-0.25, -0.2) is 9.97 Å². The molecule has 0 bridgehead atoms. The van der Waals surface area contributed by atoms with E-state index in [1.165, 1.54) is 24.1 Å². The maximum atomic E-state index is 13.5. The highest BCUT2D eigenvalue weighted by Crippen LogP contribution is 2.40. The molecule has 10 heteroatoms. The first-order valence-corrected chi connectivity index (χ1v) is 15.3. The van der Waals surface area contributed by atoms with Gasteiger partial charge in [-0.3, -0.25) is 9.59 Å². The number of fused-ring (bicyclic) bond motifs is 1. The van der Waals surface area contributed by atoms with E-state index in [1.807, 2.05) is 29.0 Å². The van der Waals surface area contributed by atoms with Crippen molar-refractivity contribution in [3.05, 3.63) is 82.5 Å². The molecule has 1 amide bonds. The molecule has 43 heavy (non-hydrogen) atoms. The number of carbonyl (C=O) groups excluding carboxylic acids is 1. The zero-order chi connectivity index (χ0) is 29.5. The Labute approximate surface area is 251 Å². The number of hydrogen-bond acceptors (Lipinski definition) is 8. The van der Waals surface area contributed by atoms with Crippen LogP contribution in [0.15, 0.2) is 65.7 Å². The lowest BCUT2D eigenvalue weighted by atomic mass is 10.0. The van der Waals surface area contributed by atoms with E-state index in [0.717, 1.165) is 62.0 Å². The minimum atomic E-state index is -0.639. The van der Waals surface area contributed by atoms with Gasteiger partial charge in [-0.2, -0.15) is 0 Å². The molecular weight excluding hydrogens is 540 g/mol. The predicted octanol–water partition coefficient (Wildman–Crippen LogP) is 4.10. The monoisotopic (exact) mass is 578 g/mol. The SMILES string of the molecule is CN1CCN(c2ccc(Nc3nc(N4CCC[C@@H](n5ccc6cc(C7CC7)ccc6c5=O)C4)cnc3C(N)=O)cc2)CC1. The number of nitrogens with one attached hydrogen (secondary N) is 1. The van der Waals surface area contributed by atoms with Crippen molar-refractivity contribution in [2.45, 2.75) is 37.6 Å². The first-order chi connectivity index (χ1) is 20.9. The Morgan fingerprint density at radius 1 is 0.953 bits per heavy atom. The number of pyridine rings is 1. The van der Waals surface area contributed by atoms with Gasteiger partial charge in [0.25, 0.3) is 11.5 Å². The fraction of sp³-hybridized carbons (Fsp3) is 0.394. The summed E-state index contributed by atoms with van der Waals surface area (Å²) in [7, 11) is 2.15. The van der Waals surface area contributed by atoms with Gasteiger partial charge in [0.1, 0.15) is 5.82 Å². The second-order valence-corrected chi connectivity index (χ2v) is 12.1. The van der Waals surface area contributed by atoms with Crippen molar-refractivity contribution >= 4 is 39.7 Å². The average Bonchev–Trinajstić information content (AvgIpc) is 3.88. The van der Waals surface area contributed by atoms with Gasteiger partial charge in [-0.1, -0.05) is 12.1 Å². The number of piperazine rings is 1. The smallest absolute Gasteiger partial charge is 0.271 e. The number of aromatic nitrogens is 3. The van der Waals surface area contributed by atoms with E-state index in [9.17, 15) is 9.59 Å². The molecule has 7 rings (SSSR count). The summed E-state index contributed by atoms with van der Waals surface area (Å²) >= 11 is 0. The minimum absolute atomic E-state index is 0.00454. The van der Waals surface area contributed by atoms with E-state index in [4.69, 9.17) is 10.7 Å². The molecule has 222 valence electrons. The van der Waals surface area contributed by atoms with Crippen molar-refractivity contribution in [1.82, 2.24) is 19.4 Å². The summed E-state index contributed by atoms with van der Waals surface area (Å²) in [5.74, 6) is 0.990. The van der Waals surface area contributed by atoms with Crippen LogP contribution >= 0.6 is 0 Å². The van der Waals surface area contributed by atoms with E-state index >= 15 is 0 Å². The summed E-state index contributed by atoms with van der Waals surface area (Å²) < 4.78 is 1.87. The topological polar surface area (TPSA) is 113 Å². The van der Waals surface area contributed by atoms with E-state index < -0.39 is 5.91 Å². The van der Waals surface area contributed by atoms with Crippen molar-refractivity contribution < 1.29 is 4.79 Å². The van der Waals surface area contributed by atoms with Gasteiger partial charge in [0, 0.05) is 62.2 Å². The molecule has 1 aliphatic carbocycles. The number of hydrogen-bond donors (Lipinski definition) is 2.